The van der Waals surface area contributed by atoms with Gasteiger partial charge in [-0.05, 0) is 19.3 Å². The molecule has 23 heavy (non-hydrogen) atoms. The highest BCUT2D eigenvalue weighted by Crippen LogP contribution is 2.28. The van der Waals surface area contributed by atoms with Crippen LogP contribution < -0.4 is 5.32 Å². The SMILES string of the molecule is O=C(CN[C@@H]1CCc2ncnn2C1)N1CCO[C@H]2CCCC[C@@H]21. The summed E-state index contributed by atoms with van der Waals surface area (Å²) in [4.78, 5) is 19.0. The number of nitrogens with one attached hydrogen (secondary N) is 1. The van der Waals surface area contributed by atoms with Gasteiger partial charge in [0.1, 0.15) is 12.2 Å². The van der Waals surface area contributed by atoms with Crippen molar-refractivity contribution in [1.29, 1.82) is 0 Å². The molecular weight excluding hydrogens is 294 g/mol. The fourth-order valence-corrected chi connectivity index (χ4v) is 4.14. The van der Waals surface area contributed by atoms with E-state index < -0.39 is 0 Å². The highest BCUT2D eigenvalue weighted by molar-refractivity contribution is 5.78. The number of hydrogen-bond acceptors (Lipinski definition) is 5. The molecule has 2 aliphatic heterocycles. The Morgan fingerprint density at radius 2 is 2.26 bits per heavy atom. The molecule has 1 amide bonds. The largest absolute Gasteiger partial charge is 0.374 e. The van der Waals surface area contributed by atoms with Crippen molar-refractivity contribution in [3.8, 4) is 0 Å². The molecule has 3 aliphatic rings. The van der Waals surface area contributed by atoms with Crippen LogP contribution in [0.1, 0.15) is 37.9 Å². The van der Waals surface area contributed by atoms with E-state index in [-0.39, 0.29) is 12.0 Å². The molecule has 1 aliphatic carbocycles. The summed E-state index contributed by atoms with van der Waals surface area (Å²) in [5, 5.41) is 7.66. The third-order valence-electron chi connectivity index (χ3n) is 5.40. The minimum atomic E-state index is 0.217. The number of hydrogen-bond donors (Lipinski definition) is 1. The summed E-state index contributed by atoms with van der Waals surface area (Å²) in [6, 6.07) is 0.594. The number of amides is 1. The van der Waals surface area contributed by atoms with Crippen LogP contribution in [0.4, 0.5) is 0 Å². The van der Waals surface area contributed by atoms with Gasteiger partial charge >= 0.3 is 0 Å². The van der Waals surface area contributed by atoms with Gasteiger partial charge < -0.3 is 15.0 Å². The lowest BCUT2D eigenvalue weighted by molar-refractivity contribution is -0.148. The van der Waals surface area contributed by atoms with E-state index >= 15 is 0 Å². The minimum absolute atomic E-state index is 0.217. The van der Waals surface area contributed by atoms with E-state index in [1.807, 2.05) is 4.68 Å². The molecule has 1 saturated heterocycles. The number of aromatic nitrogens is 3. The van der Waals surface area contributed by atoms with Crippen molar-refractivity contribution in [3.05, 3.63) is 12.2 Å². The van der Waals surface area contributed by atoms with E-state index in [4.69, 9.17) is 4.74 Å². The Balaban J connectivity index is 1.31. The molecule has 7 heteroatoms. The molecule has 4 rings (SSSR count). The second kappa shape index (κ2) is 6.57. The van der Waals surface area contributed by atoms with Crippen LogP contribution in [0.5, 0.6) is 0 Å². The maximum Gasteiger partial charge on any atom is 0.236 e. The summed E-state index contributed by atoms with van der Waals surface area (Å²) >= 11 is 0. The molecule has 3 heterocycles. The van der Waals surface area contributed by atoms with Crippen molar-refractivity contribution in [2.75, 3.05) is 19.7 Å². The van der Waals surface area contributed by atoms with Gasteiger partial charge in [0.25, 0.3) is 0 Å². The van der Waals surface area contributed by atoms with Crippen LogP contribution in [0.15, 0.2) is 6.33 Å². The van der Waals surface area contributed by atoms with Crippen LogP contribution in [0.25, 0.3) is 0 Å². The predicted octanol–water partition coefficient (Wildman–Crippen LogP) is 0.353. The lowest BCUT2D eigenvalue weighted by Gasteiger charge is -2.44. The Hall–Kier alpha value is -1.47. The van der Waals surface area contributed by atoms with Crippen molar-refractivity contribution in [3.63, 3.8) is 0 Å². The second-order valence-electron chi connectivity index (χ2n) is 6.82. The van der Waals surface area contributed by atoms with Gasteiger partial charge in [0.15, 0.2) is 0 Å². The number of nitrogens with zero attached hydrogens (tertiary/aromatic N) is 4. The zero-order valence-corrected chi connectivity index (χ0v) is 13.5. The first-order valence-electron chi connectivity index (χ1n) is 8.82. The van der Waals surface area contributed by atoms with E-state index in [2.05, 4.69) is 20.3 Å². The average Bonchev–Trinajstić information content (AvgIpc) is 3.07. The summed E-state index contributed by atoms with van der Waals surface area (Å²) in [6.45, 7) is 2.63. The first-order valence-corrected chi connectivity index (χ1v) is 8.82. The number of carbonyl (C=O) groups excluding carboxylic acids is 1. The summed E-state index contributed by atoms with van der Waals surface area (Å²) < 4.78 is 7.80. The van der Waals surface area contributed by atoms with Crippen molar-refractivity contribution in [1.82, 2.24) is 25.0 Å². The third kappa shape index (κ3) is 3.12. The minimum Gasteiger partial charge on any atom is -0.374 e. The van der Waals surface area contributed by atoms with Gasteiger partial charge in [-0.25, -0.2) is 9.67 Å². The third-order valence-corrected chi connectivity index (χ3v) is 5.40. The van der Waals surface area contributed by atoms with E-state index in [1.54, 1.807) is 6.33 Å². The standard InChI is InChI=1S/C16H25N5O2/c22-16(20-7-8-23-14-4-2-1-3-13(14)20)9-17-12-5-6-15-18-11-19-21(15)10-12/h11-14,17H,1-10H2/t12-,13+,14+/m1/s1. The topological polar surface area (TPSA) is 72.3 Å². The molecule has 7 nitrogen and oxygen atoms in total. The number of aryl methyl sites for hydroxylation is 1. The molecule has 0 radical (unpaired) electrons. The molecule has 126 valence electrons. The Kier molecular flexibility index (Phi) is 4.31. The van der Waals surface area contributed by atoms with Gasteiger partial charge in [-0.1, -0.05) is 12.8 Å². The van der Waals surface area contributed by atoms with Crippen LogP contribution in [-0.4, -0.2) is 63.5 Å². The molecule has 2 fully saturated rings. The number of ether oxygens (including phenoxy) is 1. The quantitative estimate of drug-likeness (QED) is 0.870. The van der Waals surface area contributed by atoms with Crippen LogP contribution in [0, 0.1) is 0 Å². The van der Waals surface area contributed by atoms with Crippen LogP contribution >= 0.6 is 0 Å². The van der Waals surface area contributed by atoms with Crippen molar-refractivity contribution >= 4 is 5.91 Å². The molecule has 1 saturated carbocycles. The highest BCUT2D eigenvalue weighted by atomic mass is 16.5. The number of carbonyl (C=O) groups is 1. The summed E-state index contributed by atoms with van der Waals surface area (Å²) in [7, 11) is 0. The molecule has 1 aromatic rings. The van der Waals surface area contributed by atoms with Crippen LogP contribution in [0.3, 0.4) is 0 Å². The fourth-order valence-electron chi connectivity index (χ4n) is 4.14. The lowest BCUT2D eigenvalue weighted by Crippen LogP contribution is -2.57. The van der Waals surface area contributed by atoms with Crippen molar-refractivity contribution in [2.24, 2.45) is 0 Å². The van der Waals surface area contributed by atoms with Crippen LogP contribution in [-0.2, 0) is 22.5 Å². The Bertz CT molecular complexity index is 558. The van der Waals surface area contributed by atoms with E-state index in [0.29, 0.717) is 25.2 Å². The normalized spacial score (nSPS) is 30.6. The van der Waals surface area contributed by atoms with Gasteiger partial charge in [-0.2, -0.15) is 5.10 Å². The van der Waals surface area contributed by atoms with E-state index in [1.165, 1.54) is 12.8 Å². The Labute approximate surface area is 136 Å². The fraction of sp³-hybridized carbons (Fsp3) is 0.812. The summed E-state index contributed by atoms with van der Waals surface area (Å²) in [5.41, 5.74) is 0. The van der Waals surface area contributed by atoms with Gasteiger partial charge in [-0.3, -0.25) is 4.79 Å². The maximum atomic E-state index is 12.7. The molecule has 0 unspecified atom stereocenters. The Morgan fingerprint density at radius 3 is 3.22 bits per heavy atom. The number of fused-ring (bicyclic) bond motifs is 2. The number of rotatable bonds is 3. The smallest absolute Gasteiger partial charge is 0.236 e. The van der Waals surface area contributed by atoms with Crippen LogP contribution in [0.2, 0.25) is 0 Å². The second-order valence-corrected chi connectivity index (χ2v) is 6.82. The molecule has 1 N–H and O–H groups in total. The van der Waals surface area contributed by atoms with E-state index in [0.717, 1.165) is 44.6 Å². The van der Waals surface area contributed by atoms with Crippen molar-refractivity contribution < 1.29 is 9.53 Å². The lowest BCUT2D eigenvalue weighted by atomic mass is 9.90. The van der Waals surface area contributed by atoms with Gasteiger partial charge in [-0.15, -0.1) is 0 Å². The zero-order chi connectivity index (χ0) is 15.6. The van der Waals surface area contributed by atoms with Gasteiger partial charge in [0.05, 0.1) is 31.8 Å². The first-order chi connectivity index (χ1) is 11.3. The monoisotopic (exact) mass is 319 g/mol. The Morgan fingerprint density at radius 1 is 1.35 bits per heavy atom. The van der Waals surface area contributed by atoms with Crippen molar-refractivity contribution in [2.45, 2.75) is 63.3 Å². The summed E-state index contributed by atoms with van der Waals surface area (Å²) in [6.07, 6.45) is 8.42. The first kappa shape index (κ1) is 15.1. The zero-order valence-electron chi connectivity index (χ0n) is 13.5. The number of morpholine rings is 1. The van der Waals surface area contributed by atoms with Gasteiger partial charge in [0, 0.05) is 19.0 Å². The predicted molar refractivity (Wildman–Crippen MR) is 83.8 cm³/mol. The maximum absolute atomic E-state index is 12.7. The van der Waals surface area contributed by atoms with Gasteiger partial charge in [0.2, 0.25) is 5.91 Å². The molecule has 0 aromatic carbocycles. The molecule has 1 aromatic heterocycles. The highest BCUT2D eigenvalue weighted by Gasteiger charge is 2.36. The molecule has 0 bridgehead atoms. The average molecular weight is 319 g/mol. The van der Waals surface area contributed by atoms with E-state index in [9.17, 15) is 4.79 Å². The summed E-state index contributed by atoms with van der Waals surface area (Å²) in [5.74, 6) is 1.27. The molecule has 0 spiro atoms. The molecular formula is C16H25N5O2. The molecule has 3 atom stereocenters.